The lowest BCUT2D eigenvalue weighted by Gasteiger charge is -2.34. The van der Waals surface area contributed by atoms with E-state index in [1.807, 2.05) is 5.38 Å². The molecule has 2 aromatic rings. The number of nitrogens with one attached hydrogen (secondary N) is 2. The first-order valence-electron chi connectivity index (χ1n) is 9.89. The topological polar surface area (TPSA) is 74.3 Å². The number of nitrogens with zero attached hydrogens (tertiary/aromatic N) is 2. The fraction of sp³-hybridized carbons (Fsp3) is 0.476. The van der Waals surface area contributed by atoms with Crippen molar-refractivity contribution in [3.05, 3.63) is 45.9 Å². The second-order valence-electron chi connectivity index (χ2n) is 7.85. The van der Waals surface area contributed by atoms with Crippen LogP contribution >= 0.6 is 22.9 Å². The molecule has 2 atom stereocenters. The van der Waals surface area contributed by atoms with Gasteiger partial charge in [0.25, 0.3) is 5.91 Å². The number of thiazole rings is 1. The number of amides is 2. The van der Waals surface area contributed by atoms with Gasteiger partial charge in [-0.05, 0) is 42.5 Å². The van der Waals surface area contributed by atoms with Crippen molar-refractivity contribution in [1.82, 2.24) is 15.2 Å². The molecule has 2 amide bonds. The van der Waals surface area contributed by atoms with E-state index in [9.17, 15) is 9.59 Å². The smallest absolute Gasteiger partial charge is 0.251 e. The van der Waals surface area contributed by atoms with Crippen LogP contribution in [-0.4, -0.2) is 41.3 Å². The van der Waals surface area contributed by atoms with Crippen molar-refractivity contribution in [3.63, 3.8) is 0 Å². The van der Waals surface area contributed by atoms with E-state index in [0.717, 1.165) is 25.3 Å². The summed E-state index contributed by atoms with van der Waals surface area (Å²) in [6.45, 7) is 7.85. The third kappa shape index (κ3) is 6.80. The molecule has 8 heteroatoms. The standard InChI is InChI=1S/C21H27ClN4O2S/c1-14-9-15(2)11-26(10-14)12-18-13-29-21(24-18)25-19(27)7-8-23-20(28)16-3-5-17(22)6-4-16/h3-6,13-15H,7-12H2,1-2H3,(H,23,28)(H,24,25,27). The van der Waals surface area contributed by atoms with E-state index in [-0.39, 0.29) is 24.8 Å². The first-order chi connectivity index (χ1) is 13.9. The van der Waals surface area contributed by atoms with Crippen LogP contribution in [0.5, 0.6) is 0 Å². The van der Waals surface area contributed by atoms with Crippen molar-refractivity contribution in [2.45, 2.75) is 33.2 Å². The lowest BCUT2D eigenvalue weighted by molar-refractivity contribution is -0.116. The molecule has 2 unspecified atom stereocenters. The van der Waals surface area contributed by atoms with Crippen LogP contribution in [0.25, 0.3) is 0 Å². The molecule has 2 N–H and O–H groups in total. The SMILES string of the molecule is CC1CC(C)CN(Cc2csc(NC(=O)CCNC(=O)c3ccc(Cl)cc3)n2)C1. The average molecular weight is 435 g/mol. The van der Waals surface area contributed by atoms with Crippen molar-refractivity contribution in [2.75, 3.05) is 25.0 Å². The highest BCUT2D eigenvalue weighted by atomic mass is 35.5. The largest absolute Gasteiger partial charge is 0.352 e. The number of hydrogen-bond acceptors (Lipinski definition) is 5. The molecule has 1 saturated heterocycles. The second kappa shape index (κ2) is 10.2. The Hall–Kier alpha value is -1.96. The summed E-state index contributed by atoms with van der Waals surface area (Å²) in [5.74, 6) is 1.03. The Morgan fingerprint density at radius 2 is 1.90 bits per heavy atom. The third-order valence-corrected chi connectivity index (χ3v) is 5.93. The lowest BCUT2D eigenvalue weighted by Crippen LogP contribution is -2.38. The summed E-state index contributed by atoms with van der Waals surface area (Å²) in [6, 6.07) is 6.63. The Balaban J connectivity index is 1.40. The minimum absolute atomic E-state index is 0.164. The van der Waals surface area contributed by atoms with Crippen molar-refractivity contribution < 1.29 is 9.59 Å². The van der Waals surface area contributed by atoms with Crippen LogP contribution in [0, 0.1) is 11.8 Å². The number of carbonyl (C=O) groups excluding carboxylic acids is 2. The van der Waals surface area contributed by atoms with Gasteiger partial charge in [0.15, 0.2) is 5.13 Å². The Kier molecular flexibility index (Phi) is 7.64. The number of carbonyl (C=O) groups is 2. The first-order valence-corrected chi connectivity index (χ1v) is 11.1. The van der Waals surface area contributed by atoms with Gasteiger partial charge >= 0.3 is 0 Å². The first kappa shape index (κ1) is 21.7. The van der Waals surface area contributed by atoms with Gasteiger partial charge in [0.2, 0.25) is 5.91 Å². The molecule has 1 fully saturated rings. The van der Waals surface area contributed by atoms with Crippen LogP contribution in [0.3, 0.4) is 0 Å². The third-order valence-electron chi connectivity index (χ3n) is 4.87. The van der Waals surface area contributed by atoms with E-state index in [1.54, 1.807) is 24.3 Å². The molecule has 0 saturated carbocycles. The molecule has 0 bridgehead atoms. The maximum absolute atomic E-state index is 12.1. The number of rotatable bonds is 7. The zero-order valence-corrected chi connectivity index (χ0v) is 18.4. The summed E-state index contributed by atoms with van der Waals surface area (Å²) in [7, 11) is 0. The quantitative estimate of drug-likeness (QED) is 0.689. The Bertz CT molecular complexity index is 829. The highest BCUT2D eigenvalue weighted by Crippen LogP contribution is 2.24. The van der Waals surface area contributed by atoms with E-state index in [2.05, 4.69) is 34.4 Å². The normalized spacial score (nSPS) is 19.7. The van der Waals surface area contributed by atoms with Gasteiger partial charge in [-0.25, -0.2) is 4.98 Å². The maximum atomic E-state index is 12.1. The molecule has 1 aliphatic rings. The van der Waals surface area contributed by atoms with Crippen LogP contribution in [0.2, 0.25) is 5.02 Å². The molecule has 3 rings (SSSR count). The van der Waals surface area contributed by atoms with Gasteiger partial charge in [0.1, 0.15) is 0 Å². The molecular formula is C21H27ClN4O2S. The van der Waals surface area contributed by atoms with Crippen molar-refractivity contribution in [2.24, 2.45) is 11.8 Å². The molecule has 156 valence electrons. The molecule has 0 radical (unpaired) electrons. The predicted molar refractivity (Wildman–Crippen MR) is 117 cm³/mol. The van der Waals surface area contributed by atoms with Gasteiger partial charge in [-0.2, -0.15) is 0 Å². The number of halogens is 1. The lowest BCUT2D eigenvalue weighted by atomic mass is 9.92. The predicted octanol–water partition coefficient (Wildman–Crippen LogP) is 4.03. The number of hydrogen-bond donors (Lipinski definition) is 2. The van der Waals surface area contributed by atoms with E-state index in [4.69, 9.17) is 11.6 Å². The molecule has 29 heavy (non-hydrogen) atoms. The van der Waals surface area contributed by atoms with Gasteiger partial charge in [-0.1, -0.05) is 25.4 Å². The summed E-state index contributed by atoms with van der Waals surface area (Å²) in [6.07, 6.45) is 1.47. The number of anilines is 1. The highest BCUT2D eigenvalue weighted by Gasteiger charge is 2.22. The zero-order chi connectivity index (χ0) is 20.8. The minimum Gasteiger partial charge on any atom is -0.352 e. The molecule has 2 heterocycles. The molecule has 6 nitrogen and oxygen atoms in total. The van der Waals surface area contributed by atoms with E-state index in [1.165, 1.54) is 17.8 Å². The van der Waals surface area contributed by atoms with Gasteiger partial charge in [-0.3, -0.25) is 14.5 Å². The van der Waals surface area contributed by atoms with Gasteiger partial charge in [0.05, 0.1) is 5.69 Å². The summed E-state index contributed by atoms with van der Waals surface area (Å²) < 4.78 is 0. The molecule has 0 aliphatic carbocycles. The molecule has 1 aromatic heterocycles. The van der Waals surface area contributed by atoms with E-state index in [0.29, 0.717) is 27.6 Å². The van der Waals surface area contributed by atoms with Crippen LogP contribution in [-0.2, 0) is 11.3 Å². The Morgan fingerprint density at radius 3 is 2.59 bits per heavy atom. The van der Waals surface area contributed by atoms with Crippen LogP contribution in [0.1, 0.15) is 42.7 Å². The molecule has 1 aliphatic heterocycles. The van der Waals surface area contributed by atoms with Gasteiger partial charge in [-0.15, -0.1) is 11.3 Å². The van der Waals surface area contributed by atoms with E-state index >= 15 is 0 Å². The highest BCUT2D eigenvalue weighted by molar-refractivity contribution is 7.13. The maximum Gasteiger partial charge on any atom is 0.251 e. The fourth-order valence-electron chi connectivity index (χ4n) is 3.76. The summed E-state index contributed by atoms with van der Waals surface area (Å²) in [5, 5.41) is 8.74. The zero-order valence-electron chi connectivity index (χ0n) is 16.8. The summed E-state index contributed by atoms with van der Waals surface area (Å²) in [5.41, 5.74) is 1.50. The van der Waals surface area contributed by atoms with Gasteiger partial charge < -0.3 is 10.6 Å². The average Bonchev–Trinajstić information content (AvgIpc) is 3.08. The number of aromatic nitrogens is 1. The number of piperidine rings is 1. The fourth-order valence-corrected chi connectivity index (χ4v) is 4.61. The Morgan fingerprint density at radius 1 is 1.21 bits per heavy atom. The second-order valence-corrected chi connectivity index (χ2v) is 9.14. The summed E-state index contributed by atoms with van der Waals surface area (Å²) in [4.78, 5) is 31.1. The monoisotopic (exact) mass is 434 g/mol. The molecule has 0 spiro atoms. The Labute approximate surface area is 180 Å². The minimum atomic E-state index is -0.226. The molecule has 1 aromatic carbocycles. The van der Waals surface area contributed by atoms with Gasteiger partial charge in [0, 0.05) is 48.6 Å². The number of likely N-dealkylation sites (tertiary alicyclic amines) is 1. The van der Waals surface area contributed by atoms with Crippen molar-refractivity contribution >= 4 is 39.9 Å². The van der Waals surface area contributed by atoms with Crippen molar-refractivity contribution in [1.29, 1.82) is 0 Å². The molecular weight excluding hydrogens is 408 g/mol. The van der Waals surface area contributed by atoms with Crippen molar-refractivity contribution in [3.8, 4) is 0 Å². The van der Waals surface area contributed by atoms with Crippen LogP contribution < -0.4 is 10.6 Å². The van der Waals surface area contributed by atoms with Crippen LogP contribution in [0.15, 0.2) is 29.6 Å². The van der Waals surface area contributed by atoms with E-state index < -0.39 is 0 Å². The van der Waals surface area contributed by atoms with Crippen LogP contribution in [0.4, 0.5) is 5.13 Å². The number of benzene rings is 1. The summed E-state index contributed by atoms with van der Waals surface area (Å²) >= 11 is 7.25.